The molecule has 0 saturated carbocycles. The first-order valence-corrected chi connectivity index (χ1v) is 9.59. The molecule has 2 aromatic heterocycles. The lowest BCUT2D eigenvalue weighted by Crippen LogP contribution is -2.40. The van der Waals surface area contributed by atoms with Crippen molar-refractivity contribution >= 4 is 33.1 Å². The van der Waals surface area contributed by atoms with Gasteiger partial charge in [0.1, 0.15) is 11.2 Å². The Morgan fingerprint density at radius 3 is 2.77 bits per heavy atom. The maximum atomic E-state index is 12.6. The molecule has 0 unspecified atom stereocenters. The average molecular weight is 369 g/mol. The normalized spacial score (nSPS) is 13.1. The maximum Gasteiger partial charge on any atom is 0.331 e. The Balaban J connectivity index is 1.65. The summed E-state index contributed by atoms with van der Waals surface area (Å²) in [5.41, 5.74) is 3.13. The second kappa shape index (κ2) is 6.57. The SMILES string of the molecule is CCn1c(=O)c2sccc2n(CC(=O)Nc2ccc3c(c2)CCC3)c1=O. The Labute approximate surface area is 153 Å². The van der Waals surface area contributed by atoms with Crippen LogP contribution in [0.2, 0.25) is 0 Å². The van der Waals surface area contributed by atoms with Crippen LogP contribution in [0.1, 0.15) is 24.5 Å². The molecule has 1 aliphatic rings. The number of anilines is 1. The highest BCUT2D eigenvalue weighted by atomic mass is 32.1. The van der Waals surface area contributed by atoms with Crippen LogP contribution < -0.4 is 16.6 Å². The molecule has 0 spiro atoms. The van der Waals surface area contributed by atoms with Gasteiger partial charge >= 0.3 is 5.69 Å². The van der Waals surface area contributed by atoms with Crippen molar-refractivity contribution in [3.63, 3.8) is 0 Å². The molecule has 4 rings (SSSR count). The summed E-state index contributed by atoms with van der Waals surface area (Å²) in [5.74, 6) is -0.279. The Bertz CT molecular complexity index is 1120. The number of thiophene rings is 1. The molecule has 6 nitrogen and oxygen atoms in total. The highest BCUT2D eigenvalue weighted by Gasteiger charge is 2.16. The molecule has 0 saturated heterocycles. The summed E-state index contributed by atoms with van der Waals surface area (Å²) in [6, 6.07) is 7.68. The van der Waals surface area contributed by atoms with Crippen molar-refractivity contribution in [2.24, 2.45) is 0 Å². The van der Waals surface area contributed by atoms with Crippen LogP contribution in [0.25, 0.3) is 10.2 Å². The van der Waals surface area contributed by atoms with Crippen molar-refractivity contribution in [2.45, 2.75) is 39.3 Å². The third kappa shape index (κ3) is 2.78. The van der Waals surface area contributed by atoms with E-state index in [2.05, 4.69) is 11.4 Å². The zero-order chi connectivity index (χ0) is 18.3. The average Bonchev–Trinajstić information content (AvgIpc) is 3.28. The van der Waals surface area contributed by atoms with Crippen LogP contribution in [0.5, 0.6) is 0 Å². The number of aromatic nitrogens is 2. The zero-order valence-corrected chi connectivity index (χ0v) is 15.3. The molecule has 134 valence electrons. The summed E-state index contributed by atoms with van der Waals surface area (Å²) in [7, 11) is 0. The van der Waals surface area contributed by atoms with E-state index in [1.165, 1.54) is 31.6 Å². The first kappa shape index (κ1) is 16.8. The summed E-state index contributed by atoms with van der Waals surface area (Å²) < 4.78 is 3.04. The molecule has 1 aliphatic carbocycles. The van der Waals surface area contributed by atoms with Crippen LogP contribution in [-0.4, -0.2) is 15.0 Å². The third-order valence-electron chi connectivity index (χ3n) is 4.84. The van der Waals surface area contributed by atoms with Crippen molar-refractivity contribution < 1.29 is 4.79 Å². The number of amides is 1. The van der Waals surface area contributed by atoms with Gasteiger partial charge in [0.05, 0.1) is 5.52 Å². The molecular weight excluding hydrogens is 350 g/mol. The first-order chi connectivity index (χ1) is 12.6. The van der Waals surface area contributed by atoms with E-state index in [9.17, 15) is 14.4 Å². The Morgan fingerprint density at radius 1 is 1.15 bits per heavy atom. The molecule has 1 amide bonds. The quantitative estimate of drug-likeness (QED) is 0.767. The molecule has 3 aromatic rings. The van der Waals surface area contributed by atoms with Crippen molar-refractivity contribution in [3.05, 3.63) is 61.6 Å². The Morgan fingerprint density at radius 2 is 1.96 bits per heavy atom. The van der Waals surface area contributed by atoms with Crippen LogP contribution in [0.15, 0.2) is 39.2 Å². The number of fused-ring (bicyclic) bond motifs is 2. The molecule has 7 heteroatoms. The topological polar surface area (TPSA) is 73.1 Å². The lowest BCUT2D eigenvalue weighted by Gasteiger charge is -2.12. The van der Waals surface area contributed by atoms with E-state index in [1.807, 2.05) is 12.1 Å². The number of hydrogen-bond donors (Lipinski definition) is 1. The number of nitrogens with one attached hydrogen (secondary N) is 1. The van der Waals surface area contributed by atoms with Crippen molar-refractivity contribution in [3.8, 4) is 0 Å². The van der Waals surface area contributed by atoms with Gasteiger partial charge in [-0.1, -0.05) is 6.07 Å². The van der Waals surface area contributed by atoms with Gasteiger partial charge in [0.2, 0.25) is 5.91 Å². The zero-order valence-electron chi connectivity index (χ0n) is 14.4. The van der Waals surface area contributed by atoms with E-state index in [0.29, 0.717) is 10.2 Å². The lowest BCUT2D eigenvalue weighted by atomic mass is 10.1. The third-order valence-corrected chi connectivity index (χ3v) is 5.73. The molecule has 0 fully saturated rings. The number of nitrogens with zero attached hydrogens (tertiary/aromatic N) is 2. The monoisotopic (exact) mass is 369 g/mol. The number of aryl methyl sites for hydroxylation is 2. The van der Waals surface area contributed by atoms with E-state index < -0.39 is 5.69 Å². The van der Waals surface area contributed by atoms with Gasteiger partial charge < -0.3 is 5.32 Å². The minimum atomic E-state index is -0.451. The molecule has 0 atom stereocenters. The van der Waals surface area contributed by atoms with E-state index >= 15 is 0 Å². The Kier molecular flexibility index (Phi) is 4.24. The molecule has 1 aromatic carbocycles. The lowest BCUT2D eigenvalue weighted by molar-refractivity contribution is -0.116. The summed E-state index contributed by atoms with van der Waals surface area (Å²) in [5, 5.41) is 4.64. The van der Waals surface area contributed by atoms with Crippen LogP contribution in [0, 0.1) is 0 Å². The van der Waals surface area contributed by atoms with Crippen LogP contribution in [0.3, 0.4) is 0 Å². The standard InChI is InChI=1S/C19H19N3O3S/c1-2-21-18(24)17-15(8-9-26-17)22(19(21)25)11-16(23)20-14-7-6-12-4-3-5-13(12)10-14/h6-10H,2-5,11H2,1H3,(H,20,23). The van der Waals surface area contributed by atoms with Crippen LogP contribution in [-0.2, 0) is 30.7 Å². The van der Waals surface area contributed by atoms with Gasteiger partial charge in [0, 0.05) is 12.2 Å². The highest BCUT2D eigenvalue weighted by molar-refractivity contribution is 7.17. The fraction of sp³-hybridized carbons (Fsp3) is 0.316. The number of benzene rings is 1. The predicted molar refractivity (Wildman–Crippen MR) is 103 cm³/mol. The van der Waals surface area contributed by atoms with Gasteiger partial charge in [-0.05, 0) is 60.9 Å². The van der Waals surface area contributed by atoms with E-state index in [4.69, 9.17) is 0 Å². The van der Waals surface area contributed by atoms with E-state index in [-0.39, 0.29) is 24.6 Å². The summed E-state index contributed by atoms with van der Waals surface area (Å²) >= 11 is 1.29. The number of carbonyl (C=O) groups is 1. The number of hydrogen-bond acceptors (Lipinski definition) is 4. The fourth-order valence-electron chi connectivity index (χ4n) is 3.56. The Hall–Kier alpha value is -2.67. The molecule has 0 radical (unpaired) electrons. The minimum absolute atomic E-state index is 0.122. The second-order valence-corrected chi connectivity index (χ2v) is 7.35. The molecule has 26 heavy (non-hydrogen) atoms. The molecule has 1 N–H and O–H groups in total. The second-order valence-electron chi connectivity index (χ2n) is 6.44. The van der Waals surface area contributed by atoms with Gasteiger partial charge in [-0.3, -0.25) is 18.7 Å². The van der Waals surface area contributed by atoms with Crippen molar-refractivity contribution in [1.82, 2.24) is 9.13 Å². The van der Waals surface area contributed by atoms with Crippen LogP contribution in [0.4, 0.5) is 5.69 Å². The molecule has 2 heterocycles. The largest absolute Gasteiger partial charge is 0.331 e. The van der Waals surface area contributed by atoms with Crippen molar-refractivity contribution in [2.75, 3.05) is 5.32 Å². The summed E-state index contributed by atoms with van der Waals surface area (Å²) in [4.78, 5) is 37.5. The van der Waals surface area contributed by atoms with E-state index in [1.54, 1.807) is 18.4 Å². The fourth-order valence-corrected chi connectivity index (χ4v) is 4.40. The molecule has 0 aliphatic heterocycles. The number of rotatable bonds is 4. The van der Waals surface area contributed by atoms with Gasteiger partial charge in [-0.25, -0.2) is 4.79 Å². The number of carbonyl (C=O) groups excluding carboxylic acids is 1. The first-order valence-electron chi connectivity index (χ1n) is 8.71. The minimum Gasteiger partial charge on any atom is -0.325 e. The van der Waals surface area contributed by atoms with Crippen LogP contribution >= 0.6 is 11.3 Å². The predicted octanol–water partition coefficient (Wildman–Crippen LogP) is 2.37. The smallest absolute Gasteiger partial charge is 0.325 e. The summed E-state index contributed by atoms with van der Waals surface area (Å²) in [6.07, 6.45) is 3.28. The van der Waals surface area contributed by atoms with Gasteiger partial charge in [0.15, 0.2) is 0 Å². The van der Waals surface area contributed by atoms with Crippen molar-refractivity contribution in [1.29, 1.82) is 0 Å². The van der Waals surface area contributed by atoms with E-state index in [0.717, 1.165) is 24.9 Å². The maximum absolute atomic E-state index is 12.6. The molecule has 0 bridgehead atoms. The highest BCUT2D eigenvalue weighted by Crippen LogP contribution is 2.25. The van der Waals surface area contributed by atoms with Gasteiger partial charge in [0.25, 0.3) is 5.56 Å². The summed E-state index contributed by atoms with van der Waals surface area (Å²) in [6.45, 7) is 1.90. The molecular formula is C19H19N3O3S. The van der Waals surface area contributed by atoms with Gasteiger partial charge in [-0.2, -0.15) is 0 Å². The van der Waals surface area contributed by atoms with Gasteiger partial charge in [-0.15, -0.1) is 11.3 Å².